The molecule has 4 nitrogen and oxygen atoms in total. The van der Waals surface area contributed by atoms with Crippen LogP contribution in [0.15, 0.2) is 16.3 Å². The van der Waals surface area contributed by atoms with Gasteiger partial charge in [-0.1, -0.05) is 0 Å². The first-order valence-corrected chi connectivity index (χ1v) is 21.3. The summed E-state index contributed by atoms with van der Waals surface area (Å²) in [7, 11) is -3.59. The molecule has 2 N–H and O–H groups in total. The predicted molar refractivity (Wildman–Crippen MR) is 130 cm³/mol. The molecule has 1 heterocycles. The van der Waals surface area contributed by atoms with E-state index in [4.69, 9.17) is 0 Å². The van der Waals surface area contributed by atoms with Crippen molar-refractivity contribution in [3.05, 3.63) is 12.1 Å². The number of sulfonamides is 1. The van der Waals surface area contributed by atoms with Gasteiger partial charge in [-0.3, -0.25) is 0 Å². The maximum absolute atomic E-state index is 13.0. The molecular weight excluding hydrogens is 509 g/mol. The van der Waals surface area contributed by atoms with E-state index in [0.29, 0.717) is 4.21 Å². The van der Waals surface area contributed by atoms with Gasteiger partial charge in [0.05, 0.1) is 0 Å². The zero-order chi connectivity index (χ0) is 21.9. The molecule has 7 heteroatoms. The Bertz CT molecular complexity index is 654. The van der Waals surface area contributed by atoms with Gasteiger partial charge in [-0.2, -0.15) is 0 Å². The summed E-state index contributed by atoms with van der Waals surface area (Å²) >= 11 is -1.07. The Morgan fingerprint density at radius 2 is 1.52 bits per heavy atom. The van der Waals surface area contributed by atoms with E-state index in [0.717, 1.165) is 6.42 Å². The Kier molecular flexibility index (Phi) is 13.0. The molecule has 0 spiro atoms. The number of rotatable bonds is 16. The molecule has 2 atom stereocenters. The molecule has 0 aliphatic heterocycles. The van der Waals surface area contributed by atoms with Crippen LogP contribution in [0.2, 0.25) is 13.3 Å². The Labute approximate surface area is 187 Å². The van der Waals surface area contributed by atoms with Crippen molar-refractivity contribution in [3.8, 4) is 0 Å². The Morgan fingerprint density at radius 3 is 1.93 bits per heavy atom. The summed E-state index contributed by atoms with van der Waals surface area (Å²) in [5.74, 6) is 0.103. The van der Waals surface area contributed by atoms with E-state index < -0.39 is 34.4 Å². The van der Waals surface area contributed by atoms with Crippen molar-refractivity contribution in [3.63, 3.8) is 0 Å². The topological polar surface area (TPSA) is 66.4 Å². The summed E-state index contributed by atoms with van der Waals surface area (Å²) in [6.45, 7) is 10.6. The van der Waals surface area contributed by atoms with Crippen LogP contribution in [-0.2, 0) is 10.0 Å². The third-order valence-corrected chi connectivity index (χ3v) is 27.6. The number of unbranched alkanes of at least 4 members (excludes halogenated alkanes) is 3. The fourth-order valence-corrected chi connectivity index (χ4v) is 26.3. The average molecular weight is 552 g/mol. The first-order chi connectivity index (χ1) is 13.8. The number of aliphatic hydroxyl groups excluding tert-OH is 1. The number of hydrogen-bond donors (Lipinski definition) is 2. The number of nitrogens with one attached hydrogen (secondary N) is 1. The van der Waals surface area contributed by atoms with Gasteiger partial charge < -0.3 is 0 Å². The van der Waals surface area contributed by atoms with Crippen LogP contribution in [0.3, 0.4) is 0 Å². The van der Waals surface area contributed by atoms with Crippen LogP contribution in [0.1, 0.15) is 79.6 Å². The summed E-state index contributed by atoms with van der Waals surface area (Å²) in [4.78, 5) is 0. The number of thiophene rings is 1. The van der Waals surface area contributed by atoms with Crippen molar-refractivity contribution >= 4 is 42.6 Å². The van der Waals surface area contributed by atoms with Crippen molar-refractivity contribution in [1.29, 1.82) is 0 Å². The van der Waals surface area contributed by atoms with E-state index in [9.17, 15) is 13.5 Å². The van der Waals surface area contributed by atoms with Crippen LogP contribution in [0.25, 0.3) is 0 Å². The van der Waals surface area contributed by atoms with Crippen molar-refractivity contribution in [2.75, 3.05) is 6.61 Å². The van der Waals surface area contributed by atoms with Crippen LogP contribution in [0.4, 0.5) is 0 Å². The van der Waals surface area contributed by atoms with Gasteiger partial charge in [0.1, 0.15) is 0 Å². The van der Waals surface area contributed by atoms with Gasteiger partial charge in [-0.25, -0.2) is 0 Å². The van der Waals surface area contributed by atoms with Crippen molar-refractivity contribution in [2.24, 2.45) is 5.92 Å². The molecule has 0 aliphatic rings. The molecule has 0 aromatic carbocycles. The van der Waals surface area contributed by atoms with Crippen molar-refractivity contribution < 1.29 is 13.5 Å². The first kappa shape index (κ1) is 27.4. The molecule has 1 rings (SSSR count). The SMILES string of the molecule is CCC[CH2][Sn]([CH2]CCC)([CH2]CCC)[c]1ccc(S(=O)(=O)N[C@H](CO)[C@@H](C)CC)s1. The average Bonchev–Trinajstić information content (AvgIpc) is 3.23. The van der Waals surface area contributed by atoms with E-state index >= 15 is 0 Å². The Hall–Kier alpha value is 0.369. The molecule has 170 valence electrons. The fourth-order valence-electron chi connectivity index (χ4n) is 3.91. The normalized spacial score (nSPS) is 14.8. The van der Waals surface area contributed by atoms with Gasteiger partial charge in [-0.15, -0.1) is 0 Å². The zero-order valence-electron chi connectivity index (χ0n) is 19.2. The minimum absolute atomic E-state index is 0.103. The Balaban J connectivity index is 3.21. The molecule has 0 unspecified atom stereocenters. The molecule has 0 saturated carbocycles. The minimum atomic E-state index is -3.59. The van der Waals surface area contributed by atoms with Gasteiger partial charge in [0.25, 0.3) is 0 Å². The van der Waals surface area contributed by atoms with Gasteiger partial charge in [0.15, 0.2) is 0 Å². The maximum atomic E-state index is 13.0. The molecule has 1 aromatic heterocycles. The molecule has 29 heavy (non-hydrogen) atoms. The van der Waals surface area contributed by atoms with E-state index in [1.165, 1.54) is 66.1 Å². The van der Waals surface area contributed by atoms with Crippen LogP contribution >= 0.6 is 11.3 Å². The molecule has 0 bridgehead atoms. The van der Waals surface area contributed by atoms with Crippen LogP contribution in [0, 0.1) is 5.92 Å². The molecule has 1 aromatic rings. The molecule has 0 fully saturated rings. The summed E-state index contributed by atoms with van der Waals surface area (Å²) < 4.78 is 34.7. The monoisotopic (exact) mass is 553 g/mol. The fraction of sp³-hybridized carbons (Fsp3) is 0.818. The molecule has 0 saturated heterocycles. The standard InChI is InChI=1S/C10H16NO3S2.3C4H9.Sn/c1-3-8(2)9(7-12)11-16(13,14)10-5-4-6-15-10;3*1-3-4-2;/h4-5,8-9,11-12H,3,7H2,1-2H3;3*1,3-4H2,2H3;/t8-,9+;;;;/m0..../s1. The van der Waals surface area contributed by atoms with Crippen LogP contribution in [-0.4, -0.2) is 44.5 Å². The van der Waals surface area contributed by atoms with Crippen molar-refractivity contribution in [1.82, 2.24) is 4.72 Å². The number of hydrogen-bond acceptors (Lipinski definition) is 4. The van der Waals surface area contributed by atoms with Gasteiger partial charge in [0, 0.05) is 0 Å². The van der Waals surface area contributed by atoms with Gasteiger partial charge in [0.2, 0.25) is 0 Å². The molecule has 0 radical (unpaired) electrons. The van der Waals surface area contributed by atoms with E-state index in [2.05, 4.69) is 31.6 Å². The second-order valence-electron chi connectivity index (χ2n) is 8.51. The van der Waals surface area contributed by atoms with E-state index in [1.54, 1.807) is 0 Å². The number of aliphatic hydroxyl groups is 1. The third-order valence-electron chi connectivity index (χ3n) is 6.23. The summed E-state index contributed by atoms with van der Waals surface area (Å²) in [5, 5.41) is 9.65. The zero-order valence-corrected chi connectivity index (χ0v) is 23.7. The second kappa shape index (κ2) is 13.7. The summed E-state index contributed by atoms with van der Waals surface area (Å²) in [5.41, 5.74) is 0. The molecule has 0 aliphatic carbocycles. The first-order valence-electron chi connectivity index (χ1n) is 11.5. The molecule has 0 amide bonds. The Morgan fingerprint density at radius 1 is 1.00 bits per heavy atom. The second-order valence-corrected chi connectivity index (χ2v) is 25.7. The van der Waals surface area contributed by atoms with E-state index in [-0.39, 0.29) is 12.5 Å². The van der Waals surface area contributed by atoms with Gasteiger partial charge in [-0.05, 0) is 0 Å². The predicted octanol–water partition coefficient (Wildman–Crippen LogP) is 5.49. The summed E-state index contributed by atoms with van der Waals surface area (Å²) in [6.07, 6.45) is 8.26. The molecular formula is C22H43NO3S2Sn. The van der Waals surface area contributed by atoms with E-state index in [1.807, 2.05) is 19.9 Å². The quantitative estimate of drug-likeness (QED) is 0.267. The van der Waals surface area contributed by atoms with Crippen LogP contribution in [0.5, 0.6) is 0 Å². The van der Waals surface area contributed by atoms with Crippen LogP contribution < -0.4 is 7.62 Å². The van der Waals surface area contributed by atoms with Crippen molar-refractivity contribution in [2.45, 2.75) is 103 Å². The third kappa shape index (κ3) is 8.09. The summed E-state index contributed by atoms with van der Waals surface area (Å²) in [6, 6.07) is 3.54. The van der Waals surface area contributed by atoms with Gasteiger partial charge >= 0.3 is 189 Å².